The topological polar surface area (TPSA) is 99.9 Å². The summed E-state index contributed by atoms with van der Waals surface area (Å²) in [5.74, 6) is -0.0455. The van der Waals surface area contributed by atoms with Crippen LogP contribution in [0.4, 0.5) is 0 Å². The number of hydrogen-bond donors (Lipinski definition) is 2. The lowest BCUT2D eigenvalue weighted by atomic mass is 9.99. The summed E-state index contributed by atoms with van der Waals surface area (Å²) in [7, 11) is -3.64. The van der Waals surface area contributed by atoms with E-state index in [4.69, 9.17) is 9.52 Å². The molecule has 0 aromatic carbocycles. The van der Waals surface area contributed by atoms with Crippen LogP contribution in [0.15, 0.2) is 16.5 Å². The molecule has 7 nitrogen and oxygen atoms in total. The third kappa shape index (κ3) is 3.84. The number of nitrogens with zero attached hydrogens (tertiary/aromatic N) is 1. The number of carboxylic acid groups (broad SMARTS) is 1. The van der Waals surface area contributed by atoms with Gasteiger partial charge in [0.25, 0.3) is 10.2 Å². The molecule has 1 aliphatic heterocycles. The van der Waals surface area contributed by atoms with Crippen LogP contribution in [0.5, 0.6) is 0 Å². The number of aliphatic carboxylic acids is 1. The summed E-state index contributed by atoms with van der Waals surface area (Å²) in [6.07, 6.45) is 0.676. The monoisotopic (exact) mass is 316 g/mol. The van der Waals surface area contributed by atoms with Crippen molar-refractivity contribution >= 4 is 16.2 Å². The van der Waals surface area contributed by atoms with Crippen LogP contribution in [-0.2, 0) is 15.0 Å². The average Bonchev–Trinajstić information content (AvgIpc) is 2.85. The van der Waals surface area contributed by atoms with E-state index in [-0.39, 0.29) is 13.1 Å². The van der Waals surface area contributed by atoms with Crippen LogP contribution in [0.2, 0.25) is 0 Å². The van der Waals surface area contributed by atoms with Gasteiger partial charge in [0, 0.05) is 13.1 Å². The van der Waals surface area contributed by atoms with E-state index in [1.807, 2.05) is 0 Å². The van der Waals surface area contributed by atoms with Gasteiger partial charge in [-0.2, -0.15) is 17.4 Å². The Hall–Kier alpha value is -1.38. The van der Waals surface area contributed by atoms with Gasteiger partial charge in [0.15, 0.2) is 0 Å². The second-order valence-corrected chi connectivity index (χ2v) is 7.01. The molecule has 0 radical (unpaired) electrons. The fourth-order valence-corrected chi connectivity index (χ4v) is 3.79. The molecule has 118 valence electrons. The lowest BCUT2D eigenvalue weighted by molar-refractivity contribution is -0.142. The van der Waals surface area contributed by atoms with E-state index in [9.17, 15) is 13.2 Å². The zero-order valence-electron chi connectivity index (χ0n) is 12.1. The Balaban J connectivity index is 1.98. The van der Waals surface area contributed by atoms with Crippen molar-refractivity contribution in [1.29, 1.82) is 0 Å². The molecule has 1 aliphatic rings. The number of carbonyl (C=O) groups is 1. The lowest BCUT2D eigenvalue weighted by Crippen LogP contribution is -2.46. The molecule has 21 heavy (non-hydrogen) atoms. The Labute approximate surface area is 124 Å². The summed E-state index contributed by atoms with van der Waals surface area (Å²) in [4.78, 5) is 10.9. The lowest BCUT2D eigenvalue weighted by Gasteiger charge is -2.30. The fourth-order valence-electron chi connectivity index (χ4n) is 2.39. The largest absolute Gasteiger partial charge is 0.481 e. The number of furan rings is 1. The quantitative estimate of drug-likeness (QED) is 0.852. The van der Waals surface area contributed by atoms with Gasteiger partial charge in [-0.15, -0.1) is 0 Å². The Morgan fingerprint density at radius 3 is 2.52 bits per heavy atom. The van der Waals surface area contributed by atoms with Crippen molar-refractivity contribution in [3.8, 4) is 0 Å². The highest BCUT2D eigenvalue weighted by molar-refractivity contribution is 7.87. The smallest absolute Gasteiger partial charge is 0.306 e. The molecule has 0 amide bonds. The van der Waals surface area contributed by atoms with E-state index in [0.717, 1.165) is 5.76 Å². The average molecular weight is 316 g/mol. The zero-order chi connectivity index (χ0) is 15.6. The molecule has 1 atom stereocenters. The molecule has 1 fully saturated rings. The highest BCUT2D eigenvalue weighted by atomic mass is 32.2. The molecule has 1 aromatic heterocycles. The van der Waals surface area contributed by atoms with Crippen LogP contribution < -0.4 is 4.72 Å². The van der Waals surface area contributed by atoms with E-state index in [1.165, 1.54) is 4.31 Å². The first-order valence-electron chi connectivity index (χ1n) is 6.86. The minimum absolute atomic E-state index is 0.218. The molecule has 1 saturated heterocycles. The standard InChI is InChI=1S/C13H20N2O5S/c1-9-3-4-12(20-9)10(2)14-21(18,19)15-7-5-11(6-8-15)13(16)17/h3-4,10-11,14H,5-8H2,1-2H3,(H,16,17). The molecule has 2 rings (SSSR count). The third-order valence-corrected chi connectivity index (χ3v) is 5.35. The molecule has 1 aromatic rings. The first-order chi connectivity index (χ1) is 9.79. The van der Waals surface area contributed by atoms with Crippen LogP contribution in [0.1, 0.15) is 37.3 Å². The number of carboxylic acids is 1. The normalized spacial score (nSPS) is 19.5. The van der Waals surface area contributed by atoms with Crippen LogP contribution >= 0.6 is 0 Å². The first kappa shape index (κ1) is 16.0. The minimum atomic E-state index is -3.64. The van der Waals surface area contributed by atoms with Gasteiger partial charge in [0.05, 0.1) is 12.0 Å². The second kappa shape index (κ2) is 6.17. The summed E-state index contributed by atoms with van der Waals surface area (Å²) in [5.41, 5.74) is 0. The maximum absolute atomic E-state index is 12.3. The molecule has 1 unspecified atom stereocenters. The molecule has 2 N–H and O–H groups in total. The van der Waals surface area contributed by atoms with Crippen molar-refractivity contribution in [3.63, 3.8) is 0 Å². The Bertz CT molecular complexity index is 602. The number of nitrogens with one attached hydrogen (secondary N) is 1. The molecule has 0 bridgehead atoms. The molecule has 2 heterocycles. The highest BCUT2D eigenvalue weighted by Gasteiger charge is 2.32. The third-order valence-electron chi connectivity index (χ3n) is 3.66. The predicted octanol–water partition coefficient (Wildman–Crippen LogP) is 1.28. The summed E-state index contributed by atoms with van der Waals surface area (Å²) < 4.78 is 33.8. The SMILES string of the molecule is Cc1ccc(C(C)NS(=O)(=O)N2CCC(C(=O)O)CC2)o1. The van der Waals surface area contributed by atoms with Crippen molar-refractivity contribution in [2.24, 2.45) is 5.92 Å². The molecule has 8 heteroatoms. The van der Waals surface area contributed by atoms with Crippen molar-refractivity contribution in [2.45, 2.75) is 32.7 Å². The van der Waals surface area contributed by atoms with E-state index < -0.39 is 28.1 Å². The van der Waals surface area contributed by atoms with Gasteiger partial charge in [-0.05, 0) is 38.8 Å². The maximum Gasteiger partial charge on any atom is 0.306 e. The summed E-state index contributed by atoms with van der Waals surface area (Å²) in [5, 5.41) is 8.93. The number of rotatable bonds is 5. The Morgan fingerprint density at radius 2 is 2.05 bits per heavy atom. The predicted molar refractivity (Wildman–Crippen MR) is 75.8 cm³/mol. The second-order valence-electron chi connectivity index (χ2n) is 5.30. The fraction of sp³-hybridized carbons (Fsp3) is 0.615. The van der Waals surface area contributed by atoms with Crippen LogP contribution in [-0.4, -0.2) is 36.9 Å². The highest BCUT2D eigenvalue weighted by Crippen LogP contribution is 2.21. The van der Waals surface area contributed by atoms with Gasteiger partial charge in [0.2, 0.25) is 0 Å². The zero-order valence-corrected chi connectivity index (χ0v) is 12.9. The van der Waals surface area contributed by atoms with Gasteiger partial charge >= 0.3 is 5.97 Å². The van der Waals surface area contributed by atoms with Gasteiger partial charge in [-0.3, -0.25) is 4.79 Å². The number of piperidine rings is 1. The van der Waals surface area contributed by atoms with E-state index in [0.29, 0.717) is 18.6 Å². The number of hydrogen-bond acceptors (Lipinski definition) is 4. The molecule has 0 aliphatic carbocycles. The van der Waals surface area contributed by atoms with Gasteiger partial charge in [-0.1, -0.05) is 0 Å². The van der Waals surface area contributed by atoms with Gasteiger partial charge in [-0.25, -0.2) is 0 Å². The summed E-state index contributed by atoms with van der Waals surface area (Å²) in [6, 6.07) is 3.04. The van der Waals surface area contributed by atoms with Crippen LogP contribution in [0.3, 0.4) is 0 Å². The minimum Gasteiger partial charge on any atom is -0.481 e. The van der Waals surface area contributed by atoms with Crippen molar-refractivity contribution in [1.82, 2.24) is 9.03 Å². The van der Waals surface area contributed by atoms with Crippen molar-refractivity contribution in [2.75, 3.05) is 13.1 Å². The van der Waals surface area contributed by atoms with Crippen LogP contribution in [0.25, 0.3) is 0 Å². The Kier molecular flexibility index (Phi) is 4.70. The van der Waals surface area contributed by atoms with Crippen molar-refractivity contribution in [3.05, 3.63) is 23.7 Å². The van der Waals surface area contributed by atoms with Gasteiger partial charge < -0.3 is 9.52 Å². The van der Waals surface area contributed by atoms with Crippen molar-refractivity contribution < 1.29 is 22.7 Å². The molecular formula is C13H20N2O5S. The van der Waals surface area contributed by atoms with E-state index >= 15 is 0 Å². The maximum atomic E-state index is 12.3. The molecule has 0 spiro atoms. The molecule has 0 saturated carbocycles. The van der Waals surface area contributed by atoms with Crippen LogP contribution in [0, 0.1) is 12.8 Å². The molecular weight excluding hydrogens is 296 g/mol. The summed E-state index contributed by atoms with van der Waals surface area (Å²) >= 11 is 0. The van der Waals surface area contributed by atoms with E-state index in [2.05, 4.69) is 4.72 Å². The van der Waals surface area contributed by atoms with Gasteiger partial charge in [0.1, 0.15) is 11.5 Å². The first-order valence-corrected chi connectivity index (χ1v) is 8.30. The van der Waals surface area contributed by atoms with E-state index in [1.54, 1.807) is 26.0 Å². The summed E-state index contributed by atoms with van der Waals surface area (Å²) in [6.45, 7) is 3.94. The Morgan fingerprint density at radius 1 is 1.43 bits per heavy atom. The number of aryl methyl sites for hydroxylation is 1.